The van der Waals surface area contributed by atoms with E-state index in [1.807, 2.05) is 41.3 Å². The Bertz CT molecular complexity index is 623. The van der Waals surface area contributed by atoms with E-state index in [1.54, 1.807) is 13.3 Å². The zero-order valence-electron chi connectivity index (χ0n) is 11.4. The monoisotopic (exact) mass is 268 g/mol. The molecule has 2 heterocycles. The average molecular weight is 268 g/mol. The molecule has 0 radical (unpaired) electrons. The lowest BCUT2D eigenvalue weighted by Gasteiger charge is -2.28. The second-order valence-electron chi connectivity index (χ2n) is 4.88. The Labute approximate surface area is 118 Å². The molecule has 1 aromatic carbocycles. The van der Waals surface area contributed by atoms with Crippen LogP contribution in [0.3, 0.4) is 0 Å². The summed E-state index contributed by atoms with van der Waals surface area (Å²) in [5.74, 6) is 0.959. The van der Waals surface area contributed by atoms with Gasteiger partial charge in [-0.25, -0.2) is 0 Å². The summed E-state index contributed by atoms with van der Waals surface area (Å²) in [7, 11) is 1.65. The second-order valence-corrected chi connectivity index (χ2v) is 4.88. The summed E-state index contributed by atoms with van der Waals surface area (Å²) in [5.41, 5.74) is 3.15. The first-order valence-corrected chi connectivity index (χ1v) is 6.60. The highest BCUT2D eigenvalue weighted by Gasteiger charge is 2.23. The van der Waals surface area contributed by atoms with Gasteiger partial charge in [-0.1, -0.05) is 18.2 Å². The summed E-state index contributed by atoms with van der Waals surface area (Å²) in [6, 6.07) is 11.8. The maximum atomic E-state index is 12.1. The molecule has 0 spiro atoms. The highest BCUT2D eigenvalue weighted by Crippen LogP contribution is 2.20. The Morgan fingerprint density at radius 3 is 2.80 bits per heavy atom. The van der Waals surface area contributed by atoms with Gasteiger partial charge in [0.1, 0.15) is 5.75 Å². The standard InChI is InChI=1S/C16H16N2O2/c1-20-14-6-4-12(5-7-14)10-18-11-13-3-2-8-17-15(13)9-16(18)19/h2-8H,9-11H2,1H3. The third-order valence-corrected chi connectivity index (χ3v) is 3.55. The number of nitrogens with zero attached hydrogens (tertiary/aromatic N) is 2. The first-order valence-electron chi connectivity index (χ1n) is 6.60. The molecule has 1 aliphatic rings. The van der Waals surface area contributed by atoms with Gasteiger partial charge >= 0.3 is 0 Å². The van der Waals surface area contributed by atoms with Crippen LogP contribution in [0.2, 0.25) is 0 Å². The van der Waals surface area contributed by atoms with E-state index in [9.17, 15) is 4.79 Å². The summed E-state index contributed by atoms with van der Waals surface area (Å²) in [6.07, 6.45) is 2.14. The van der Waals surface area contributed by atoms with Crippen molar-refractivity contribution in [3.8, 4) is 5.75 Å². The molecule has 1 aliphatic heterocycles. The first-order chi connectivity index (χ1) is 9.76. The van der Waals surface area contributed by atoms with E-state index in [2.05, 4.69) is 4.98 Å². The van der Waals surface area contributed by atoms with Crippen molar-refractivity contribution in [2.45, 2.75) is 19.5 Å². The number of carbonyl (C=O) groups is 1. The summed E-state index contributed by atoms with van der Waals surface area (Å²) >= 11 is 0. The summed E-state index contributed by atoms with van der Waals surface area (Å²) in [6.45, 7) is 1.26. The molecule has 0 N–H and O–H groups in total. The third-order valence-electron chi connectivity index (χ3n) is 3.55. The predicted molar refractivity (Wildman–Crippen MR) is 75.2 cm³/mol. The van der Waals surface area contributed by atoms with Gasteiger partial charge in [0.2, 0.25) is 5.91 Å². The van der Waals surface area contributed by atoms with Crippen LogP contribution in [-0.2, 0) is 24.3 Å². The Balaban J connectivity index is 1.76. The van der Waals surface area contributed by atoms with Gasteiger partial charge in [0.05, 0.1) is 19.2 Å². The number of pyridine rings is 1. The number of rotatable bonds is 3. The number of amides is 1. The minimum Gasteiger partial charge on any atom is -0.497 e. The van der Waals surface area contributed by atoms with Crippen molar-refractivity contribution in [3.05, 3.63) is 59.4 Å². The zero-order valence-corrected chi connectivity index (χ0v) is 11.4. The molecule has 2 aromatic rings. The van der Waals surface area contributed by atoms with Crippen molar-refractivity contribution < 1.29 is 9.53 Å². The molecule has 0 bridgehead atoms. The number of fused-ring (bicyclic) bond motifs is 1. The van der Waals surface area contributed by atoms with E-state index >= 15 is 0 Å². The van der Waals surface area contributed by atoms with Crippen LogP contribution in [0.15, 0.2) is 42.6 Å². The van der Waals surface area contributed by atoms with Crippen molar-refractivity contribution in [1.29, 1.82) is 0 Å². The zero-order chi connectivity index (χ0) is 13.9. The fourth-order valence-corrected chi connectivity index (χ4v) is 2.42. The van der Waals surface area contributed by atoms with Gasteiger partial charge in [0.15, 0.2) is 0 Å². The van der Waals surface area contributed by atoms with Crippen molar-refractivity contribution in [1.82, 2.24) is 9.88 Å². The molecule has 20 heavy (non-hydrogen) atoms. The van der Waals surface area contributed by atoms with E-state index in [4.69, 9.17) is 4.74 Å². The van der Waals surface area contributed by atoms with Crippen LogP contribution >= 0.6 is 0 Å². The lowest BCUT2D eigenvalue weighted by Crippen LogP contribution is -2.36. The third kappa shape index (κ3) is 2.50. The number of aromatic nitrogens is 1. The Hall–Kier alpha value is -2.36. The molecule has 0 fully saturated rings. The SMILES string of the molecule is COc1ccc(CN2Cc3cccnc3CC2=O)cc1. The maximum Gasteiger partial charge on any atom is 0.229 e. The van der Waals surface area contributed by atoms with Gasteiger partial charge in [-0.2, -0.15) is 0 Å². The average Bonchev–Trinajstić information content (AvgIpc) is 2.49. The molecule has 1 amide bonds. The Morgan fingerprint density at radius 1 is 1.25 bits per heavy atom. The molecule has 0 aliphatic carbocycles. The summed E-state index contributed by atoms with van der Waals surface area (Å²) < 4.78 is 5.14. The molecule has 0 saturated heterocycles. The molecule has 102 valence electrons. The quantitative estimate of drug-likeness (QED) is 0.857. The first kappa shape index (κ1) is 12.7. The van der Waals surface area contributed by atoms with E-state index in [0.717, 1.165) is 22.6 Å². The van der Waals surface area contributed by atoms with E-state index in [1.165, 1.54) is 0 Å². The van der Waals surface area contributed by atoms with Crippen LogP contribution < -0.4 is 4.74 Å². The highest BCUT2D eigenvalue weighted by molar-refractivity contribution is 5.80. The molecule has 4 heteroatoms. The number of ether oxygens (including phenoxy) is 1. The smallest absolute Gasteiger partial charge is 0.229 e. The minimum absolute atomic E-state index is 0.131. The van der Waals surface area contributed by atoms with E-state index in [-0.39, 0.29) is 5.91 Å². The van der Waals surface area contributed by atoms with Crippen molar-refractivity contribution in [2.75, 3.05) is 7.11 Å². The van der Waals surface area contributed by atoms with Gasteiger partial charge in [0, 0.05) is 19.3 Å². The second kappa shape index (κ2) is 5.33. The minimum atomic E-state index is 0.131. The maximum absolute atomic E-state index is 12.1. The lowest BCUT2D eigenvalue weighted by atomic mass is 10.0. The van der Waals surface area contributed by atoms with Crippen molar-refractivity contribution >= 4 is 5.91 Å². The predicted octanol–water partition coefficient (Wildman–Crippen LogP) is 2.18. The summed E-state index contributed by atoms with van der Waals surface area (Å²) in [4.78, 5) is 18.3. The van der Waals surface area contributed by atoms with Gasteiger partial charge in [-0.15, -0.1) is 0 Å². The number of benzene rings is 1. The molecular weight excluding hydrogens is 252 g/mol. The highest BCUT2D eigenvalue weighted by atomic mass is 16.5. The van der Waals surface area contributed by atoms with Gasteiger partial charge in [0.25, 0.3) is 0 Å². The Kier molecular flexibility index (Phi) is 3.37. The number of methoxy groups -OCH3 is 1. The molecule has 1 aromatic heterocycles. The van der Waals surface area contributed by atoms with Crippen LogP contribution in [0.5, 0.6) is 5.75 Å². The topological polar surface area (TPSA) is 42.4 Å². The number of hydrogen-bond donors (Lipinski definition) is 0. The van der Waals surface area contributed by atoms with Gasteiger partial charge < -0.3 is 9.64 Å². The van der Waals surface area contributed by atoms with Crippen molar-refractivity contribution in [3.63, 3.8) is 0 Å². The van der Waals surface area contributed by atoms with Gasteiger partial charge in [-0.3, -0.25) is 9.78 Å². The van der Waals surface area contributed by atoms with Crippen molar-refractivity contribution in [2.24, 2.45) is 0 Å². The fraction of sp³-hybridized carbons (Fsp3) is 0.250. The normalized spacial score (nSPS) is 14.1. The van der Waals surface area contributed by atoms with E-state index < -0.39 is 0 Å². The lowest BCUT2D eigenvalue weighted by molar-refractivity contribution is -0.132. The van der Waals surface area contributed by atoms with Gasteiger partial charge in [-0.05, 0) is 29.3 Å². The van der Waals surface area contributed by atoms with Crippen LogP contribution in [0, 0.1) is 0 Å². The molecule has 3 rings (SSSR count). The number of hydrogen-bond acceptors (Lipinski definition) is 3. The number of carbonyl (C=O) groups excluding carboxylic acids is 1. The molecule has 4 nitrogen and oxygen atoms in total. The largest absolute Gasteiger partial charge is 0.497 e. The van der Waals surface area contributed by atoms with Crippen LogP contribution in [0.25, 0.3) is 0 Å². The van der Waals surface area contributed by atoms with Crippen LogP contribution in [-0.4, -0.2) is 22.9 Å². The fourth-order valence-electron chi connectivity index (χ4n) is 2.42. The molecular formula is C16H16N2O2. The van der Waals surface area contributed by atoms with E-state index in [0.29, 0.717) is 19.5 Å². The molecule has 0 saturated carbocycles. The van der Waals surface area contributed by atoms with Crippen LogP contribution in [0.4, 0.5) is 0 Å². The summed E-state index contributed by atoms with van der Waals surface area (Å²) in [5, 5.41) is 0. The Morgan fingerprint density at radius 2 is 2.05 bits per heavy atom. The molecule has 0 unspecified atom stereocenters. The van der Waals surface area contributed by atoms with Crippen LogP contribution in [0.1, 0.15) is 16.8 Å². The molecule has 0 atom stereocenters.